The molecule has 1 heterocycles. The van der Waals surface area contributed by atoms with E-state index in [4.69, 9.17) is 4.42 Å². The van der Waals surface area contributed by atoms with Crippen LogP contribution in [0.3, 0.4) is 0 Å². The molecular weight excluding hydrogens is 254 g/mol. The number of unbranched alkanes of at least 4 members (excludes halogenated alkanes) is 2. The SMILES string of the molecule is CCCCCC(C)(C)CNCc1ccoc1C(=O)OC. The highest BCUT2D eigenvalue weighted by molar-refractivity contribution is 5.87. The van der Waals surface area contributed by atoms with E-state index in [1.54, 1.807) is 0 Å². The van der Waals surface area contributed by atoms with E-state index in [0.29, 0.717) is 12.3 Å². The van der Waals surface area contributed by atoms with Crippen molar-refractivity contribution in [2.75, 3.05) is 13.7 Å². The number of esters is 1. The molecule has 4 heteroatoms. The van der Waals surface area contributed by atoms with Gasteiger partial charge in [0.25, 0.3) is 0 Å². The maximum Gasteiger partial charge on any atom is 0.374 e. The van der Waals surface area contributed by atoms with Gasteiger partial charge in [-0.15, -0.1) is 0 Å². The number of carbonyl (C=O) groups is 1. The fraction of sp³-hybridized carbons (Fsp3) is 0.688. The summed E-state index contributed by atoms with van der Waals surface area (Å²) in [4.78, 5) is 11.5. The summed E-state index contributed by atoms with van der Waals surface area (Å²) in [5.41, 5.74) is 1.12. The lowest BCUT2D eigenvalue weighted by atomic mass is 9.87. The number of methoxy groups -OCH3 is 1. The molecule has 0 aliphatic carbocycles. The molecule has 20 heavy (non-hydrogen) atoms. The van der Waals surface area contributed by atoms with Crippen LogP contribution in [0, 0.1) is 5.41 Å². The Morgan fingerprint density at radius 3 is 2.80 bits per heavy atom. The first-order chi connectivity index (χ1) is 9.50. The largest absolute Gasteiger partial charge is 0.463 e. The van der Waals surface area contributed by atoms with Crippen molar-refractivity contribution < 1.29 is 13.9 Å². The third-order valence-electron chi connectivity index (χ3n) is 3.49. The summed E-state index contributed by atoms with van der Waals surface area (Å²) < 4.78 is 9.85. The van der Waals surface area contributed by atoms with Gasteiger partial charge in [-0.2, -0.15) is 0 Å². The maximum absolute atomic E-state index is 11.5. The van der Waals surface area contributed by atoms with E-state index in [-0.39, 0.29) is 5.41 Å². The number of hydrogen-bond acceptors (Lipinski definition) is 4. The van der Waals surface area contributed by atoms with Crippen LogP contribution in [0.1, 0.15) is 62.6 Å². The number of hydrogen-bond donors (Lipinski definition) is 1. The topological polar surface area (TPSA) is 51.5 Å². The van der Waals surface area contributed by atoms with Gasteiger partial charge >= 0.3 is 5.97 Å². The third-order valence-corrected chi connectivity index (χ3v) is 3.49. The van der Waals surface area contributed by atoms with E-state index in [1.165, 1.54) is 39.1 Å². The lowest BCUT2D eigenvalue weighted by molar-refractivity contribution is 0.0563. The van der Waals surface area contributed by atoms with Gasteiger partial charge in [0, 0.05) is 18.7 Å². The molecule has 0 aliphatic rings. The van der Waals surface area contributed by atoms with Gasteiger partial charge < -0.3 is 14.5 Å². The Labute approximate surface area is 121 Å². The molecule has 0 aromatic carbocycles. The average Bonchev–Trinajstić information content (AvgIpc) is 2.86. The summed E-state index contributed by atoms with van der Waals surface area (Å²) in [6.07, 6.45) is 6.54. The highest BCUT2D eigenvalue weighted by Gasteiger charge is 2.19. The third kappa shape index (κ3) is 5.37. The van der Waals surface area contributed by atoms with E-state index in [9.17, 15) is 4.79 Å². The average molecular weight is 281 g/mol. The second-order valence-corrected chi connectivity index (χ2v) is 5.99. The van der Waals surface area contributed by atoms with Crippen molar-refractivity contribution in [1.82, 2.24) is 5.32 Å². The molecule has 0 aliphatic heterocycles. The summed E-state index contributed by atoms with van der Waals surface area (Å²) >= 11 is 0. The van der Waals surface area contributed by atoms with Crippen molar-refractivity contribution >= 4 is 5.97 Å². The lowest BCUT2D eigenvalue weighted by Crippen LogP contribution is -2.29. The zero-order chi connectivity index (χ0) is 15.0. The van der Waals surface area contributed by atoms with Crippen molar-refractivity contribution in [2.24, 2.45) is 5.41 Å². The Balaban J connectivity index is 2.40. The smallest absolute Gasteiger partial charge is 0.374 e. The molecule has 0 bridgehead atoms. The van der Waals surface area contributed by atoms with Crippen molar-refractivity contribution in [1.29, 1.82) is 0 Å². The molecular formula is C16H27NO3. The van der Waals surface area contributed by atoms with Gasteiger partial charge in [-0.05, 0) is 17.9 Å². The standard InChI is InChI=1S/C16H27NO3/c1-5-6-7-9-16(2,3)12-17-11-13-8-10-20-14(13)15(18)19-4/h8,10,17H,5-7,9,11-12H2,1-4H3. The fourth-order valence-corrected chi connectivity index (χ4v) is 2.22. The van der Waals surface area contributed by atoms with Crippen molar-refractivity contribution in [2.45, 2.75) is 53.0 Å². The van der Waals surface area contributed by atoms with Crippen molar-refractivity contribution in [3.63, 3.8) is 0 Å². The molecule has 1 aromatic heterocycles. The van der Waals surface area contributed by atoms with E-state index < -0.39 is 5.97 Å². The lowest BCUT2D eigenvalue weighted by Gasteiger charge is -2.25. The predicted octanol–water partition coefficient (Wildman–Crippen LogP) is 3.76. The van der Waals surface area contributed by atoms with E-state index in [1.807, 2.05) is 6.07 Å². The molecule has 114 valence electrons. The number of rotatable bonds is 9. The van der Waals surface area contributed by atoms with Crippen LogP contribution in [0.2, 0.25) is 0 Å². The Hall–Kier alpha value is -1.29. The second-order valence-electron chi connectivity index (χ2n) is 5.99. The normalized spacial score (nSPS) is 11.6. The molecule has 0 spiro atoms. The minimum Gasteiger partial charge on any atom is -0.463 e. The van der Waals surface area contributed by atoms with Crippen LogP contribution < -0.4 is 5.32 Å². The number of furan rings is 1. The predicted molar refractivity (Wildman–Crippen MR) is 79.7 cm³/mol. The van der Waals surface area contributed by atoms with E-state index in [2.05, 4.69) is 30.8 Å². The van der Waals surface area contributed by atoms with Crippen LogP contribution in [0.4, 0.5) is 0 Å². The molecule has 0 saturated carbocycles. The van der Waals surface area contributed by atoms with Crippen molar-refractivity contribution in [3.8, 4) is 0 Å². The molecule has 0 amide bonds. The molecule has 1 N–H and O–H groups in total. The molecule has 0 atom stereocenters. The quantitative estimate of drug-likeness (QED) is 0.553. The molecule has 0 unspecified atom stereocenters. The molecule has 1 rings (SSSR count). The van der Waals surface area contributed by atoms with Gasteiger partial charge in [0.15, 0.2) is 0 Å². The Morgan fingerprint density at radius 1 is 1.40 bits per heavy atom. The van der Waals surface area contributed by atoms with Gasteiger partial charge in [-0.25, -0.2) is 4.79 Å². The Morgan fingerprint density at radius 2 is 2.15 bits per heavy atom. The highest BCUT2D eigenvalue weighted by Crippen LogP contribution is 2.23. The summed E-state index contributed by atoms with van der Waals surface area (Å²) in [6.45, 7) is 8.30. The van der Waals surface area contributed by atoms with Gasteiger partial charge in [0.05, 0.1) is 13.4 Å². The van der Waals surface area contributed by atoms with Gasteiger partial charge in [0.2, 0.25) is 5.76 Å². The highest BCUT2D eigenvalue weighted by atomic mass is 16.5. The molecule has 4 nitrogen and oxygen atoms in total. The van der Waals surface area contributed by atoms with Gasteiger partial charge in [-0.3, -0.25) is 0 Å². The summed E-state index contributed by atoms with van der Waals surface area (Å²) in [6, 6.07) is 1.81. The maximum atomic E-state index is 11.5. The summed E-state index contributed by atoms with van der Waals surface area (Å²) in [5.74, 6) is -0.127. The molecule has 0 radical (unpaired) electrons. The zero-order valence-corrected chi connectivity index (χ0v) is 13.1. The number of nitrogens with one attached hydrogen (secondary N) is 1. The summed E-state index contributed by atoms with van der Waals surface area (Å²) in [5, 5.41) is 3.41. The van der Waals surface area contributed by atoms with E-state index >= 15 is 0 Å². The van der Waals surface area contributed by atoms with Crippen molar-refractivity contribution in [3.05, 3.63) is 23.7 Å². The Kier molecular flexibility index (Phi) is 6.79. The van der Waals surface area contributed by atoms with E-state index in [0.717, 1.165) is 12.1 Å². The van der Waals surface area contributed by atoms with Crippen LogP contribution in [-0.4, -0.2) is 19.6 Å². The van der Waals surface area contributed by atoms with Crippen LogP contribution in [0.15, 0.2) is 16.7 Å². The number of ether oxygens (including phenoxy) is 1. The monoisotopic (exact) mass is 281 g/mol. The first kappa shape index (κ1) is 16.8. The van der Waals surface area contributed by atoms with Crippen LogP contribution in [-0.2, 0) is 11.3 Å². The number of carbonyl (C=O) groups excluding carboxylic acids is 1. The first-order valence-electron chi connectivity index (χ1n) is 7.35. The van der Waals surface area contributed by atoms with Crippen LogP contribution in [0.5, 0.6) is 0 Å². The molecule has 0 saturated heterocycles. The fourth-order valence-electron chi connectivity index (χ4n) is 2.22. The van der Waals surface area contributed by atoms with Crippen LogP contribution >= 0.6 is 0 Å². The second kappa shape index (κ2) is 8.10. The van der Waals surface area contributed by atoms with Crippen LogP contribution in [0.25, 0.3) is 0 Å². The Bertz CT molecular complexity index is 410. The minimum absolute atomic E-state index is 0.268. The molecule has 0 fully saturated rings. The molecule has 1 aromatic rings. The van der Waals surface area contributed by atoms with Gasteiger partial charge in [-0.1, -0.05) is 40.0 Å². The summed E-state index contributed by atoms with van der Waals surface area (Å²) in [7, 11) is 1.36. The minimum atomic E-state index is -0.422. The van der Waals surface area contributed by atoms with Gasteiger partial charge in [0.1, 0.15) is 0 Å². The first-order valence-corrected chi connectivity index (χ1v) is 7.35. The zero-order valence-electron chi connectivity index (χ0n) is 13.1.